The molecule has 32 heavy (non-hydrogen) atoms. The molecule has 1 aliphatic heterocycles. The maximum absolute atomic E-state index is 12.7. The van der Waals surface area contributed by atoms with E-state index in [-0.39, 0.29) is 23.2 Å². The zero-order valence-corrected chi connectivity index (χ0v) is 18.3. The highest BCUT2D eigenvalue weighted by molar-refractivity contribution is 6.31. The topological polar surface area (TPSA) is 136 Å². The summed E-state index contributed by atoms with van der Waals surface area (Å²) in [4.78, 5) is 61.0. The highest BCUT2D eigenvalue weighted by Gasteiger charge is 2.66. The monoisotopic (exact) mass is 483 g/mol. The normalized spacial score (nSPS) is 30.4. The lowest BCUT2D eigenvalue weighted by Gasteiger charge is -2.28. The number of aryl methyl sites for hydroxylation is 1. The van der Waals surface area contributed by atoms with E-state index >= 15 is 0 Å². The van der Waals surface area contributed by atoms with Crippen molar-refractivity contribution < 1.29 is 28.8 Å². The molecule has 4 rings (SSSR count). The lowest BCUT2D eigenvalue weighted by molar-refractivity contribution is -0.385. The fourth-order valence-corrected chi connectivity index (χ4v) is 5.86. The van der Waals surface area contributed by atoms with Crippen LogP contribution in [-0.4, -0.2) is 57.4 Å². The number of alkyl halides is 2. The second-order valence-corrected chi connectivity index (χ2v) is 9.24. The van der Waals surface area contributed by atoms with E-state index < -0.39 is 64.4 Å². The van der Waals surface area contributed by atoms with Gasteiger partial charge in [0.15, 0.2) is 6.61 Å². The second kappa shape index (κ2) is 8.32. The van der Waals surface area contributed by atoms with Crippen molar-refractivity contribution in [3.05, 3.63) is 33.9 Å². The number of hydrogen-bond acceptors (Lipinski definition) is 7. The number of nitrogens with zero attached hydrogens (tertiary/aromatic N) is 2. The Kier molecular flexibility index (Phi) is 5.85. The van der Waals surface area contributed by atoms with Crippen LogP contribution in [0.1, 0.15) is 12.0 Å². The van der Waals surface area contributed by atoms with Crippen molar-refractivity contribution in [1.82, 2.24) is 4.90 Å². The molecule has 6 atom stereocenters. The number of nitrogens with one attached hydrogen (secondary N) is 1. The van der Waals surface area contributed by atoms with E-state index in [4.69, 9.17) is 27.9 Å². The van der Waals surface area contributed by atoms with E-state index in [9.17, 15) is 29.3 Å². The number of nitro groups is 1. The van der Waals surface area contributed by atoms with Crippen LogP contribution in [0, 0.1) is 40.7 Å². The van der Waals surface area contributed by atoms with Crippen LogP contribution >= 0.6 is 23.2 Å². The molecule has 2 aliphatic carbocycles. The summed E-state index contributed by atoms with van der Waals surface area (Å²) < 4.78 is 4.89. The fourth-order valence-electron chi connectivity index (χ4n) is 4.97. The summed E-state index contributed by atoms with van der Waals surface area (Å²) in [6.45, 7) is 0.280. The van der Waals surface area contributed by atoms with Gasteiger partial charge in [0.05, 0.1) is 27.5 Å². The van der Waals surface area contributed by atoms with Gasteiger partial charge in [-0.25, -0.2) is 0 Å². The zero-order chi connectivity index (χ0) is 23.3. The molecule has 12 heteroatoms. The Hall–Kier alpha value is -2.72. The number of halogens is 2. The number of fused-ring (bicyclic) bond motifs is 5. The third kappa shape index (κ3) is 3.71. The van der Waals surface area contributed by atoms with Crippen LogP contribution in [0.5, 0.6) is 0 Å². The van der Waals surface area contributed by atoms with E-state index in [0.29, 0.717) is 12.0 Å². The molecule has 0 spiro atoms. The molecule has 2 saturated carbocycles. The van der Waals surface area contributed by atoms with Crippen molar-refractivity contribution in [3.63, 3.8) is 0 Å². The minimum Gasteiger partial charge on any atom is -0.454 e. The minimum atomic E-state index is -0.922. The highest BCUT2D eigenvalue weighted by atomic mass is 35.5. The molecule has 3 amide bonds. The maximum atomic E-state index is 12.7. The van der Waals surface area contributed by atoms with E-state index in [1.165, 1.54) is 18.2 Å². The number of esters is 1. The van der Waals surface area contributed by atoms with Crippen molar-refractivity contribution >= 4 is 58.3 Å². The average Bonchev–Trinajstić information content (AvgIpc) is 3.34. The Bertz CT molecular complexity index is 1000. The molecule has 170 valence electrons. The van der Waals surface area contributed by atoms with Gasteiger partial charge in [0.2, 0.25) is 11.8 Å². The van der Waals surface area contributed by atoms with Gasteiger partial charge < -0.3 is 10.1 Å². The number of carbonyl (C=O) groups is 4. The molecule has 1 saturated heterocycles. The first-order valence-electron chi connectivity index (χ1n) is 9.94. The predicted molar refractivity (Wildman–Crippen MR) is 112 cm³/mol. The summed E-state index contributed by atoms with van der Waals surface area (Å²) in [5.41, 5.74) is 0.435. The summed E-state index contributed by atoms with van der Waals surface area (Å²) in [6.07, 6.45) is 0.616. The zero-order valence-electron chi connectivity index (χ0n) is 16.8. The van der Waals surface area contributed by atoms with Crippen LogP contribution in [0.4, 0.5) is 11.4 Å². The third-order valence-corrected chi connectivity index (χ3v) is 7.74. The molecular weight excluding hydrogens is 465 g/mol. The van der Waals surface area contributed by atoms with Gasteiger partial charge in [0.1, 0.15) is 6.54 Å². The van der Waals surface area contributed by atoms with Gasteiger partial charge in [-0.2, -0.15) is 0 Å². The minimum absolute atomic E-state index is 0.163. The SMILES string of the molecule is Cc1ccc(NC(=O)COC(=O)CN2C(=O)[C@@H]3[C@H]4C[C@@H]([C@H](Cl)[C@@H]4Cl)[C@@H]3C2=O)cc1[N+](=O)[O-]. The van der Waals surface area contributed by atoms with Crippen LogP contribution < -0.4 is 5.32 Å². The smallest absolute Gasteiger partial charge is 0.326 e. The molecule has 1 N–H and O–H groups in total. The number of hydrogen-bond donors (Lipinski definition) is 1. The molecular formula is C20H19Cl2N3O7. The molecule has 3 aliphatic rings. The van der Waals surface area contributed by atoms with Gasteiger partial charge in [0, 0.05) is 17.3 Å². The first kappa shape index (κ1) is 22.5. The van der Waals surface area contributed by atoms with E-state index in [0.717, 1.165) is 4.90 Å². The Morgan fingerprint density at radius 2 is 1.78 bits per heavy atom. The summed E-state index contributed by atoms with van der Waals surface area (Å²) in [5.74, 6) is -4.11. The first-order valence-corrected chi connectivity index (χ1v) is 10.8. The molecule has 0 unspecified atom stereocenters. The average molecular weight is 484 g/mol. The maximum Gasteiger partial charge on any atom is 0.326 e. The van der Waals surface area contributed by atoms with E-state index in [1.54, 1.807) is 6.92 Å². The third-order valence-electron chi connectivity index (χ3n) is 6.42. The number of anilines is 1. The second-order valence-electron chi connectivity index (χ2n) is 8.23. The van der Waals surface area contributed by atoms with Crippen LogP contribution in [0.25, 0.3) is 0 Å². The van der Waals surface area contributed by atoms with Gasteiger partial charge in [-0.15, -0.1) is 23.2 Å². The molecule has 10 nitrogen and oxygen atoms in total. The first-order chi connectivity index (χ1) is 15.1. The number of imide groups is 1. The summed E-state index contributed by atoms with van der Waals surface area (Å²) >= 11 is 12.6. The Balaban J connectivity index is 1.32. The van der Waals surface area contributed by atoms with E-state index in [1.807, 2.05) is 0 Å². The fraction of sp³-hybridized carbons (Fsp3) is 0.500. The van der Waals surface area contributed by atoms with Gasteiger partial charge in [0.25, 0.3) is 11.6 Å². The molecule has 0 radical (unpaired) electrons. The quantitative estimate of drug-likeness (QED) is 0.214. The van der Waals surface area contributed by atoms with Gasteiger partial charge in [-0.05, 0) is 31.2 Å². The number of amides is 3. The van der Waals surface area contributed by atoms with Gasteiger partial charge >= 0.3 is 5.97 Å². The largest absolute Gasteiger partial charge is 0.454 e. The molecule has 0 aromatic heterocycles. The van der Waals surface area contributed by atoms with Crippen molar-refractivity contribution in [1.29, 1.82) is 0 Å². The van der Waals surface area contributed by atoms with Crippen LogP contribution in [0.15, 0.2) is 18.2 Å². The molecule has 1 aromatic rings. The van der Waals surface area contributed by atoms with Crippen molar-refractivity contribution in [2.75, 3.05) is 18.5 Å². The Labute approximate surface area is 192 Å². The summed E-state index contributed by atoms with van der Waals surface area (Å²) in [6, 6.07) is 4.15. The number of ether oxygens (including phenoxy) is 1. The number of rotatable bonds is 6. The molecule has 3 fully saturated rings. The number of carbonyl (C=O) groups excluding carboxylic acids is 4. The number of nitro benzene ring substituents is 1. The summed E-state index contributed by atoms with van der Waals surface area (Å²) in [7, 11) is 0. The van der Waals surface area contributed by atoms with Crippen molar-refractivity contribution in [2.45, 2.75) is 24.1 Å². The number of benzene rings is 1. The Morgan fingerprint density at radius 3 is 2.34 bits per heavy atom. The van der Waals surface area contributed by atoms with Crippen LogP contribution in [-0.2, 0) is 23.9 Å². The van der Waals surface area contributed by atoms with Gasteiger partial charge in [-0.1, -0.05) is 6.07 Å². The summed E-state index contributed by atoms with van der Waals surface area (Å²) in [5, 5.41) is 12.6. The van der Waals surface area contributed by atoms with Gasteiger partial charge in [-0.3, -0.25) is 34.2 Å². The lowest BCUT2D eigenvalue weighted by atomic mass is 9.80. The Morgan fingerprint density at radius 1 is 1.19 bits per heavy atom. The van der Waals surface area contributed by atoms with Crippen molar-refractivity contribution in [3.8, 4) is 0 Å². The highest BCUT2D eigenvalue weighted by Crippen LogP contribution is 2.59. The van der Waals surface area contributed by atoms with Crippen LogP contribution in [0.2, 0.25) is 0 Å². The standard InChI is InChI=1S/C20H19Cl2N3O7/c1-8-2-3-9(4-12(8)25(30)31)23-13(26)7-32-14(27)6-24-19(28)15-10-5-11(16(15)20(24)29)18(22)17(10)21/h2-4,10-11,15-18H,5-7H2,1H3,(H,23,26)/t10-,11-,15-,16+,17-,18+/m1/s1. The number of likely N-dealkylation sites (tertiary alicyclic amines) is 1. The predicted octanol–water partition coefficient (Wildman–Crippen LogP) is 1.85. The molecule has 2 bridgehead atoms. The van der Waals surface area contributed by atoms with Crippen LogP contribution in [0.3, 0.4) is 0 Å². The van der Waals surface area contributed by atoms with E-state index in [2.05, 4.69) is 5.32 Å². The lowest BCUT2D eigenvalue weighted by Crippen LogP contribution is -2.38. The molecule has 1 heterocycles. The van der Waals surface area contributed by atoms with Crippen molar-refractivity contribution in [2.24, 2.45) is 23.7 Å². The molecule has 1 aromatic carbocycles.